The first-order valence-corrected chi connectivity index (χ1v) is 8.61. The lowest BCUT2D eigenvalue weighted by Crippen LogP contribution is -2.12. The SMILES string of the molecule is CSC(=N\[C@H](C)C(C)C)/N=N/c1ccc2c(c1)CCN2C. The van der Waals surface area contributed by atoms with Crippen LogP contribution in [-0.4, -0.2) is 31.1 Å². The summed E-state index contributed by atoms with van der Waals surface area (Å²) >= 11 is 1.54. The molecule has 0 aliphatic carbocycles. The van der Waals surface area contributed by atoms with Gasteiger partial charge in [-0.2, -0.15) is 0 Å². The van der Waals surface area contributed by atoms with E-state index < -0.39 is 0 Å². The molecule has 1 heterocycles. The van der Waals surface area contributed by atoms with Crippen molar-refractivity contribution < 1.29 is 0 Å². The minimum Gasteiger partial charge on any atom is -0.374 e. The second-order valence-corrected chi connectivity index (χ2v) is 6.56. The Bertz CT molecular complexity index is 551. The highest BCUT2D eigenvalue weighted by Crippen LogP contribution is 2.30. The average Bonchev–Trinajstić information content (AvgIpc) is 2.84. The number of fused-ring (bicyclic) bond motifs is 1. The second-order valence-electron chi connectivity index (χ2n) is 5.78. The van der Waals surface area contributed by atoms with Gasteiger partial charge in [-0.3, -0.25) is 4.99 Å². The van der Waals surface area contributed by atoms with Gasteiger partial charge in [0.05, 0.1) is 11.7 Å². The Hall–Kier alpha value is -1.36. The molecule has 114 valence electrons. The van der Waals surface area contributed by atoms with Gasteiger partial charge in [-0.1, -0.05) is 25.6 Å². The van der Waals surface area contributed by atoms with Gasteiger partial charge in [0.15, 0.2) is 0 Å². The van der Waals surface area contributed by atoms with E-state index in [0.717, 1.165) is 23.8 Å². The van der Waals surface area contributed by atoms with Gasteiger partial charge in [0.2, 0.25) is 5.17 Å². The van der Waals surface area contributed by atoms with Crippen molar-refractivity contribution in [3.63, 3.8) is 0 Å². The summed E-state index contributed by atoms with van der Waals surface area (Å²) in [4.78, 5) is 6.88. The number of hydrogen-bond donors (Lipinski definition) is 0. The summed E-state index contributed by atoms with van der Waals surface area (Å²) in [6.45, 7) is 7.53. The summed E-state index contributed by atoms with van der Waals surface area (Å²) in [7, 11) is 2.12. The quantitative estimate of drug-likeness (QED) is 0.468. The number of likely N-dealkylation sites (N-methyl/N-ethyl adjacent to an activating group) is 1. The maximum absolute atomic E-state index is 4.61. The predicted octanol–water partition coefficient (Wildman–Crippen LogP) is 4.53. The molecule has 1 atom stereocenters. The highest BCUT2D eigenvalue weighted by atomic mass is 32.2. The standard InChI is InChI=1S/C16H24N4S/c1-11(2)12(3)17-16(21-5)19-18-14-6-7-15-13(10-14)8-9-20(15)4/h6-7,10-12H,8-9H2,1-5H3/b17-16-,19-18+/t12-/m1/s1. The van der Waals surface area contributed by atoms with Gasteiger partial charge in [-0.15, -0.1) is 10.2 Å². The molecule has 1 aliphatic heterocycles. The molecule has 0 amide bonds. The molecular formula is C16H24N4S. The van der Waals surface area contributed by atoms with E-state index in [1.165, 1.54) is 11.3 Å². The molecule has 2 rings (SSSR count). The molecule has 0 saturated carbocycles. The van der Waals surface area contributed by atoms with Crippen molar-refractivity contribution in [3.8, 4) is 0 Å². The summed E-state index contributed by atoms with van der Waals surface area (Å²) < 4.78 is 0. The summed E-state index contributed by atoms with van der Waals surface area (Å²) in [6.07, 6.45) is 3.08. The molecular weight excluding hydrogens is 280 g/mol. The van der Waals surface area contributed by atoms with E-state index in [0.29, 0.717) is 5.92 Å². The molecule has 5 heteroatoms. The summed E-state index contributed by atoms with van der Waals surface area (Å²) in [5, 5.41) is 9.40. The van der Waals surface area contributed by atoms with Crippen LogP contribution in [0.25, 0.3) is 0 Å². The van der Waals surface area contributed by atoms with Crippen molar-refractivity contribution in [2.45, 2.75) is 33.2 Å². The maximum atomic E-state index is 4.61. The highest BCUT2D eigenvalue weighted by molar-refractivity contribution is 8.13. The van der Waals surface area contributed by atoms with Gasteiger partial charge < -0.3 is 4.90 Å². The third kappa shape index (κ3) is 4.06. The van der Waals surface area contributed by atoms with Crippen LogP contribution in [0.2, 0.25) is 0 Å². The van der Waals surface area contributed by atoms with Crippen LogP contribution in [0, 0.1) is 5.92 Å². The molecule has 0 N–H and O–H groups in total. The Kier molecular flexibility index (Phi) is 5.39. The van der Waals surface area contributed by atoms with Gasteiger partial charge in [-0.05, 0) is 49.3 Å². The molecule has 1 aromatic carbocycles. The van der Waals surface area contributed by atoms with E-state index in [-0.39, 0.29) is 6.04 Å². The number of rotatable bonds is 3. The second kappa shape index (κ2) is 7.07. The van der Waals surface area contributed by atoms with E-state index in [2.05, 4.69) is 60.1 Å². The Balaban J connectivity index is 2.13. The Morgan fingerprint density at radius 1 is 1.29 bits per heavy atom. The minimum atomic E-state index is 0.264. The third-order valence-corrected chi connectivity index (χ3v) is 4.46. The van der Waals surface area contributed by atoms with E-state index in [1.807, 2.05) is 12.3 Å². The smallest absolute Gasteiger partial charge is 0.204 e. The first-order valence-electron chi connectivity index (χ1n) is 7.39. The molecule has 0 fully saturated rings. The molecule has 4 nitrogen and oxygen atoms in total. The topological polar surface area (TPSA) is 40.3 Å². The molecule has 21 heavy (non-hydrogen) atoms. The summed E-state index contributed by atoms with van der Waals surface area (Å²) in [5.41, 5.74) is 3.57. The van der Waals surface area contributed by atoms with Gasteiger partial charge in [-0.25, -0.2) is 0 Å². The molecule has 0 radical (unpaired) electrons. The van der Waals surface area contributed by atoms with E-state index in [4.69, 9.17) is 0 Å². The zero-order valence-electron chi connectivity index (χ0n) is 13.5. The lowest BCUT2D eigenvalue weighted by molar-refractivity contribution is 0.532. The number of nitrogens with zero attached hydrogens (tertiary/aromatic N) is 4. The molecule has 0 saturated heterocycles. The van der Waals surface area contributed by atoms with Crippen LogP contribution in [0.5, 0.6) is 0 Å². The van der Waals surface area contributed by atoms with Crippen LogP contribution < -0.4 is 4.90 Å². The van der Waals surface area contributed by atoms with Crippen LogP contribution in [-0.2, 0) is 6.42 Å². The van der Waals surface area contributed by atoms with Crippen molar-refractivity contribution in [1.82, 2.24) is 0 Å². The first kappa shape index (κ1) is 16.0. The number of azo groups is 1. The number of aliphatic imine (C=N–C) groups is 1. The fraction of sp³-hybridized carbons (Fsp3) is 0.562. The number of hydrogen-bond acceptors (Lipinski definition) is 4. The maximum Gasteiger partial charge on any atom is 0.204 e. The van der Waals surface area contributed by atoms with E-state index in [9.17, 15) is 0 Å². The fourth-order valence-corrected chi connectivity index (χ4v) is 2.55. The van der Waals surface area contributed by atoms with Gasteiger partial charge in [0, 0.05) is 19.3 Å². The molecule has 1 aromatic rings. The van der Waals surface area contributed by atoms with Crippen LogP contribution in [0.15, 0.2) is 33.4 Å². The molecule has 0 aromatic heterocycles. The van der Waals surface area contributed by atoms with Crippen LogP contribution in [0.3, 0.4) is 0 Å². The minimum absolute atomic E-state index is 0.264. The normalized spacial score (nSPS) is 16.9. The highest BCUT2D eigenvalue weighted by Gasteiger charge is 2.15. The fourth-order valence-electron chi connectivity index (χ4n) is 2.16. The van der Waals surface area contributed by atoms with Crippen molar-refractivity contribution >= 4 is 28.3 Å². The molecule has 1 aliphatic rings. The number of benzene rings is 1. The Labute approximate surface area is 131 Å². The monoisotopic (exact) mass is 304 g/mol. The largest absolute Gasteiger partial charge is 0.374 e. The Morgan fingerprint density at radius 2 is 2.05 bits per heavy atom. The third-order valence-electron chi connectivity index (χ3n) is 3.90. The van der Waals surface area contributed by atoms with Crippen LogP contribution in [0.4, 0.5) is 11.4 Å². The number of amidine groups is 1. The van der Waals surface area contributed by atoms with Crippen molar-refractivity contribution in [3.05, 3.63) is 23.8 Å². The van der Waals surface area contributed by atoms with Crippen molar-refractivity contribution in [1.29, 1.82) is 0 Å². The Morgan fingerprint density at radius 3 is 2.71 bits per heavy atom. The van der Waals surface area contributed by atoms with E-state index >= 15 is 0 Å². The first-order chi connectivity index (χ1) is 10.0. The van der Waals surface area contributed by atoms with Gasteiger partial charge in [0.25, 0.3) is 0 Å². The zero-order chi connectivity index (χ0) is 15.4. The lowest BCUT2D eigenvalue weighted by Gasteiger charge is -2.11. The summed E-state index contributed by atoms with van der Waals surface area (Å²) in [5.74, 6) is 0.512. The van der Waals surface area contributed by atoms with Crippen molar-refractivity contribution in [2.24, 2.45) is 21.1 Å². The average molecular weight is 304 g/mol. The van der Waals surface area contributed by atoms with Crippen LogP contribution >= 0.6 is 11.8 Å². The van der Waals surface area contributed by atoms with E-state index in [1.54, 1.807) is 11.8 Å². The molecule has 0 spiro atoms. The predicted molar refractivity (Wildman–Crippen MR) is 93.2 cm³/mol. The zero-order valence-corrected chi connectivity index (χ0v) is 14.3. The molecule has 0 bridgehead atoms. The number of thioether (sulfide) groups is 1. The lowest BCUT2D eigenvalue weighted by atomic mass is 10.1. The number of anilines is 1. The summed E-state index contributed by atoms with van der Waals surface area (Å²) in [6, 6.07) is 6.55. The van der Waals surface area contributed by atoms with Crippen LogP contribution in [0.1, 0.15) is 26.3 Å². The van der Waals surface area contributed by atoms with Gasteiger partial charge in [0.1, 0.15) is 0 Å². The van der Waals surface area contributed by atoms with Gasteiger partial charge >= 0.3 is 0 Å². The molecule has 0 unspecified atom stereocenters. The van der Waals surface area contributed by atoms with Crippen molar-refractivity contribution in [2.75, 3.05) is 24.7 Å².